The van der Waals surface area contributed by atoms with E-state index in [2.05, 4.69) is 19.6 Å². The third-order valence-corrected chi connectivity index (χ3v) is 5.34. The van der Waals surface area contributed by atoms with Gasteiger partial charge in [0.2, 0.25) is 17.2 Å². The first kappa shape index (κ1) is 19.6. The summed E-state index contributed by atoms with van der Waals surface area (Å²) < 4.78 is 32.8. The number of ether oxygens (including phenoxy) is 2. The standard InChI is InChI=1S/C17H25N5O4S/c1-25-14-9-12-13(10-15(14)26-2)20-17(18)21-16(12)22-7-4-11(5-8-22)3-6-19-27(23)24/h9-11,19H,3-8H2,1-2H3,(H,23,24)(H2,18,20,21). The SMILES string of the molecule is COc1cc2nc(N)nc(N3CCC(CCNS(=O)O)CC3)c2cc1OC. The molecular formula is C17H25N5O4S. The largest absolute Gasteiger partial charge is 0.493 e. The van der Waals surface area contributed by atoms with Gasteiger partial charge in [-0.3, -0.25) is 4.55 Å². The molecule has 1 aliphatic rings. The minimum absolute atomic E-state index is 0.224. The lowest BCUT2D eigenvalue weighted by Gasteiger charge is -2.33. The van der Waals surface area contributed by atoms with Gasteiger partial charge in [0, 0.05) is 31.1 Å². The Kier molecular flexibility index (Phi) is 6.30. The Hall–Kier alpha value is -2.17. The highest BCUT2D eigenvalue weighted by atomic mass is 32.2. The van der Waals surface area contributed by atoms with Crippen LogP contribution in [0.4, 0.5) is 11.8 Å². The second kappa shape index (κ2) is 8.68. The third-order valence-electron chi connectivity index (χ3n) is 4.89. The van der Waals surface area contributed by atoms with Crippen molar-refractivity contribution in [2.45, 2.75) is 19.3 Å². The molecule has 0 amide bonds. The number of hydrogen-bond donors (Lipinski definition) is 3. The number of nitrogens with two attached hydrogens (primary N) is 1. The van der Waals surface area contributed by atoms with Crippen molar-refractivity contribution in [3.63, 3.8) is 0 Å². The number of nitrogen functional groups attached to an aromatic ring is 1. The molecule has 1 atom stereocenters. The van der Waals surface area contributed by atoms with Crippen molar-refractivity contribution in [2.24, 2.45) is 5.92 Å². The van der Waals surface area contributed by atoms with Crippen LogP contribution in [0, 0.1) is 5.92 Å². The predicted octanol–water partition coefficient (Wildman–Crippen LogP) is 1.56. The van der Waals surface area contributed by atoms with Crippen molar-refractivity contribution in [3.8, 4) is 11.5 Å². The molecule has 3 rings (SSSR count). The van der Waals surface area contributed by atoms with Crippen molar-refractivity contribution < 1.29 is 18.2 Å². The lowest BCUT2D eigenvalue weighted by atomic mass is 9.93. The number of nitrogens with zero attached hydrogens (tertiary/aromatic N) is 3. The topological polar surface area (TPSA) is 123 Å². The summed E-state index contributed by atoms with van der Waals surface area (Å²) in [5.41, 5.74) is 6.65. The molecule has 1 unspecified atom stereocenters. The van der Waals surface area contributed by atoms with Crippen molar-refractivity contribution in [2.75, 3.05) is 44.5 Å². The molecule has 27 heavy (non-hydrogen) atoms. The summed E-state index contributed by atoms with van der Waals surface area (Å²) >= 11 is -1.94. The maximum absolute atomic E-state index is 10.7. The average molecular weight is 395 g/mol. The fourth-order valence-electron chi connectivity index (χ4n) is 3.48. The normalized spacial score (nSPS) is 16.5. The van der Waals surface area contributed by atoms with Gasteiger partial charge in [0.15, 0.2) is 11.5 Å². The number of rotatable bonds is 7. The van der Waals surface area contributed by atoms with E-state index in [-0.39, 0.29) is 5.95 Å². The molecular weight excluding hydrogens is 370 g/mol. The van der Waals surface area contributed by atoms with Crippen LogP contribution in [0.3, 0.4) is 0 Å². The number of anilines is 2. The molecule has 0 spiro atoms. The number of hydrogen-bond acceptors (Lipinski definition) is 7. The van der Waals surface area contributed by atoms with Crippen molar-refractivity contribution >= 4 is 33.9 Å². The molecule has 1 saturated heterocycles. The predicted molar refractivity (Wildman–Crippen MR) is 105 cm³/mol. The van der Waals surface area contributed by atoms with Gasteiger partial charge in [-0.1, -0.05) is 0 Å². The summed E-state index contributed by atoms with van der Waals surface area (Å²) in [5.74, 6) is 2.75. The van der Waals surface area contributed by atoms with Gasteiger partial charge in [0.05, 0.1) is 19.7 Å². The van der Waals surface area contributed by atoms with Crippen LogP contribution in [0.1, 0.15) is 19.3 Å². The zero-order chi connectivity index (χ0) is 19.4. The van der Waals surface area contributed by atoms with E-state index in [9.17, 15) is 4.21 Å². The van der Waals surface area contributed by atoms with E-state index in [0.29, 0.717) is 29.5 Å². The Labute approximate surface area is 160 Å². The third kappa shape index (κ3) is 4.57. The zero-order valence-electron chi connectivity index (χ0n) is 15.5. The fourth-order valence-corrected chi connectivity index (χ4v) is 3.77. The van der Waals surface area contributed by atoms with E-state index in [1.54, 1.807) is 14.2 Å². The summed E-state index contributed by atoms with van der Waals surface area (Å²) in [6.45, 7) is 2.22. The molecule has 1 aromatic carbocycles. The van der Waals surface area contributed by atoms with Crippen LogP contribution >= 0.6 is 0 Å². The Morgan fingerprint density at radius 2 is 1.93 bits per heavy atom. The van der Waals surface area contributed by atoms with Crippen LogP contribution in [0.25, 0.3) is 10.9 Å². The Bertz CT molecular complexity index is 827. The van der Waals surface area contributed by atoms with Crippen LogP contribution < -0.4 is 24.8 Å². The summed E-state index contributed by atoms with van der Waals surface area (Å²) in [7, 11) is 3.18. The first-order valence-electron chi connectivity index (χ1n) is 8.80. The molecule has 0 bridgehead atoms. The highest BCUT2D eigenvalue weighted by molar-refractivity contribution is 7.77. The van der Waals surface area contributed by atoms with Gasteiger partial charge in [-0.05, 0) is 31.2 Å². The van der Waals surface area contributed by atoms with Crippen LogP contribution in [-0.2, 0) is 11.3 Å². The zero-order valence-corrected chi connectivity index (χ0v) is 16.3. The van der Waals surface area contributed by atoms with Gasteiger partial charge >= 0.3 is 0 Å². The molecule has 4 N–H and O–H groups in total. The molecule has 1 fully saturated rings. The van der Waals surface area contributed by atoms with Crippen molar-refractivity contribution in [3.05, 3.63) is 12.1 Å². The fraction of sp³-hybridized carbons (Fsp3) is 0.529. The molecule has 1 aliphatic heterocycles. The first-order valence-corrected chi connectivity index (χ1v) is 9.91. The highest BCUT2D eigenvalue weighted by Crippen LogP contribution is 2.36. The number of piperidine rings is 1. The highest BCUT2D eigenvalue weighted by Gasteiger charge is 2.23. The number of benzene rings is 1. The van der Waals surface area contributed by atoms with Crippen LogP contribution in [-0.4, -0.2) is 52.6 Å². The van der Waals surface area contributed by atoms with Gasteiger partial charge in [-0.25, -0.2) is 13.9 Å². The molecule has 0 saturated carbocycles. The second-order valence-corrected chi connectivity index (χ2v) is 7.28. The molecule has 9 nitrogen and oxygen atoms in total. The number of methoxy groups -OCH3 is 2. The Morgan fingerprint density at radius 3 is 2.56 bits per heavy atom. The van der Waals surface area contributed by atoms with E-state index >= 15 is 0 Å². The van der Waals surface area contributed by atoms with Gasteiger partial charge < -0.3 is 20.1 Å². The van der Waals surface area contributed by atoms with Crippen LogP contribution in [0.15, 0.2) is 12.1 Å². The van der Waals surface area contributed by atoms with Crippen molar-refractivity contribution in [1.82, 2.24) is 14.7 Å². The lowest BCUT2D eigenvalue weighted by molar-refractivity contribution is 0.355. The smallest absolute Gasteiger partial charge is 0.231 e. The van der Waals surface area contributed by atoms with Gasteiger partial charge in [0.1, 0.15) is 5.82 Å². The number of fused-ring (bicyclic) bond motifs is 1. The van der Waals surface area contributed by atoms with Gasteiger partial charge in [-0.15, -0.1) is 0 Å². The van der Waals surface area contributed by atoms with Crippen LogP contribution in [0.5, 0.6) is 11.5 Å². The average Bonchev–Trinajstić information content (AvgIpc) is 2.66. The molecule has 2 aromatic rings. The van der Waals surface area contributed by atoms with E-state index in [1.165, 1.54) is 0 Å². The Balaban J connectivity index is 1.79. The molecule has 2 heterocycles. The van der Waals surface area contributed by atoms with Gasteiger partial charge in [-0.2, -0.15) is 4.98 Å². The van der Waals surface area contributed by atoms with E-state index in [0.717, 1.165) is 43.6 Å². The number of aromatic nitrogens is 2. The van der Waals surface area contributed by atoms with E-state index in [1.807, 2.05) is 12.1 Å². The first-order chi connectivity index (χ1) is 13.0. The number of nitrogens with one attached hydrogen (secondary N) is 1. The minimum Gasteiger partial charge on any atom is -0.493 e. The quantitative estimate of drug-likeness (QED) is 0.604. The van der Waals surface area contributed by atoms with Gasteiger partial charge in [0.25, 0.3) is 0 Å². The van der Waals surface area contributed by atoms with E-state index < -0.39 is 11.3 Å². The summed E-state index contributed by atoms with van der Waals surface area (Å²) in [6, 6.07) is 3.69. The lowest BCUT2D eigenvalue weighted by Crippen LogP contribution is -2.35. The van der Waals surface area contributed by atoms with E-state index in [4.69, 9.17) is 19.8 Å². The van der Waals surface area contributed by atoms with Crippen molar-refractivity contribution in [1.29, 1.82) is 0 Å². The maximum Gasteiger partial charge on any atom is 0.231 e. The Morgan fingerprint density at radius 1 is 1.26 bits per heavy atom. The molecule has 10 heteroatoms. The summed E-state index contributed by atoms with van der Waals surface area (Å²) in [6.07, 6.45) is 2.84. The van der Waals surface area contributed by atoms with Crippen LogP contribution in [0.2, 0.25) is 0 Å². The summed E-state index contributed by atoms with van der Waals surface area (Å²) in [4.78, 5) is 11.0. The molecule has 0 radical (unpaired) electrons. The minimum atomic E-state index is -1.94. The summed E-state index contributed by atoms with van der Waals surface area (Å²) in [5, 5.41) is 0.873. The molecule has 1 aromatic heterocycles. The second-order valence-electron chi connectivity index (χ2n) is 6.49. The maximum atomic E-state index is 10.7. The molecule has 0 aliphatic carbocycles. The monoisotopic (exact) mass is 395 g/mol. The molecule has 148 valence electrons.